The first-order valence-corrected chi connectivity index (χ1v) is 14.8. The number of anilines is 1. The van der Waals surface area contributed by atoms with Gasteiger partial charge in [-0.05, 0) is 42.5 Å². The Bertz CT molecular complexity index is 1350. The van der Waals surface area contributed by atoms with Gasteiger partial charge in [0.25, 0.3) is 0 Å². The quantitative estimate of drug-likeness (QED) is 0.464. The molecule has 4 aliphatic rings. The molecular formula is C33H39N3O5. The van der Waals surface area contributed by atoms with Crippen LogP contribution in [0.4, 0.5) is 5.69 Å². The largest absolute Gasteiger partial charge is 0.496 e. The third-order valence-corrected chi connectivity index (χ3v) is 9.25. The first-order chi connectivity index (χ1) is 19.8. The van der Waals surface area contributed by atoms with E-state index in [0.29, 0.717) is 17.4 Å². The zero-order valence-electron chi connectivity index (χ0n) is 24.0. The molecule has 8 nitrogen and oxygen atoms in total. The summed E-state index contributed by atoms with van der Waals surface area (Å²) < 4.78 is 12.1. The molecule has 41 heavy (non-hydrogen) atoms. The number of benzene rings is 2. The van der Waals surface area contributed by atoms with Crippen molar-refractivity contribution in [1.29, 1.82) is 0 Å². The molecule has 8 heteroatoms. The van der Waals surface area contributed by atoms with E-state index < -0.39 is 29.6 Å². The Labute approximate surface area is 241 Å². The SMILES string of the molecule is COc1ccccc1CN1C(=O)[C@H]2[C@@H](C(=O)Nc3ccc(C(C)C)cc3)[C@H]3C=C[C@@]2(O3)[C@H]1C(=O)NC1CCCCC1. The van der Waals surface area contributed by atoms with E-state index in [4.69, 9.17) is 9.47 Å². The van der Waals surface area contributed by atoms with Crippen molar-refractivity contribution in [3.05, 3.63) is 71.8 Å². The lowest BCUT2D eigenvalue weighted by Gasteiger charge is -2.34. The van der Waals surface area contributed by atoms with Crippen molar-refractivity contribution in [3.8, 4) is 5.75 Å². The summed E-state index contributed by atoms with van der Waals surface area (Å²) in [6, 6.07) is 14.5. The van der Waals surface area contributed by atoms with Crippen LogP contribution in [0.3, 0.4) is 0 Å². The van der Waals surface area contributed by atoms with Gasteiger partial charge < -0.3 is 25.0 Å². The van der Waals surface area contributed by atoms with E-state index in [0.717, 1.165) is 31.2 Å². The third-order valence-electron chi connectivity index (χ3n) is 9.25. The van der Waals surface area contributed by atoms with Crippen LogP contribution in [-0.2, 0) is 25.7 Å². The number of nitrogens with zero attached hydrogens (tertiary/aromatic N) is 1. The second-order valence-corrected chi connectivity index (χ2v) is 12.1. The maximum Gasteiger partial charge on any atom is 0.246 e. The summed E-state index contributed by atoms with van der Waals surface area (Å²) in [5.41, 5.74) is 1.44. The number of hydrogen-bond donors (Lipinski definition) is 2. The highest BCUT2D eigenvalue weighted by atomic mass is 16.5. The number of hydrogen-bond acceptors (Lipinski definition) is 5. The Morgan fingerprint density at radius 3 is 2.49 bits per heavy atom. The van der Waals surface area contributed by atoms with Crippen LogP contribution in [0.5, 0.6) is 5.75 Å². The second kappa shape index (κ2) is 11.0. The van der Waals surface area contributed by atoms with Crippen molar-refractivity contribution < 1.29 is 23.9 Å². The molecule has 1 spiro atoms. The van der Waals surface area contributed by atoms with E-state index in [2.05, 4.69) is 24.5 Å². The summed E-state index contributed by atoms with van der Waals surface area (Å²) in [5, 5.41) is 6.25. The lowest BCUT2D eigenvalue weighted by molar-refractivity contribution is -0.142. The van der Waals surface area contributed by atoms with Crippen LogP contribution >= 0.6 is 0 Å². The fraction of sp³-hybridized carbons (Fsp3) is 0.485. The Kier molecular flexibility index (Phi) is 7.36. The summed E-state index contributed by atoms with van der Waals surface area (Å²) >= 11 is 0. The number of amides is 3. The number of nitrogens with one attached hydrogen (secondary N) is 2. The third kappa shape index (κ3) is 4.82. The van der Waals surface area contributed by atoms with E-state index in [1.165, 1.54) is 12.0 Å². The minimum Gasteiger partial charge on any atom is -0.496 e. The highest BCUT2D eigenvalue weighted by Gasteiger charge is 2.72. The van der Waals surface area contributed by atoms with Gasteiger partial charge in [0.2, 0.25) is 17.7 Å². The predicted molar refractivity (Wildman–Crippen MR) is 155 cm³/mol. The molecule has 3 amide bonds. The van der Waals surface area contributed by atoms with E-state index in [9.17, 15) is 14.4 Å². The monoisotopic (exact) mass is 557 g/mol. The van der Waals surface area contributed by atoms with Gasteiger partial charge >= 0.3 is 0 Å². The van der Waals surface area contributed by atoms with Crippen molar-refractivity contribution in [2.45, 2.75) is 82.2 Å². The van der Waals surface area contributed by atoms with Crippen LogP contribution in [-0.4, -0.2) is 53.5 Å². The average molecular weight is 558 g/mol. The first kappa shape index (κ1) is 27.5. The van der Waals surface area contributed by atoms with Gasteiger partial charge in [-0.1, -0.05) is 75.6 Å². The number of carbonyl (C=O) groups excluding carboxylic acids is 3. The van der Waals surface area contributed by atoms with E-state index >= 15 is 0 Å². The molecule has 2 aromatic rings. The van der Waals surface area contributed by atoms with Crippen LogP contribution in [0.25, 0.3) is 0 Å². The summed E-state index contributed by atoms with van der Waals surface area (Å²) in [6.45, 7) is 4.42. The standard InChI is InChI=1S/C33H39N3O5/c1-20(2)21-13-15-24(16-14-21)34-30(37)27-26-17-18-33(41-26)28(27)32(39)36(19-22-9-7-8-12-25(22)40-3)29(33)31(38)35-23-10-5-4-6-11-23/h7-9,12-18,20,23,26-29H,4-6,10-11,19H2,1-3H3,(H,34,37)(H,35,38)/t26-,27+,28-,29-,33+/m1/s1. The topological polar surface area (TPSA) is 97.0 Å². The average Bonchev–Trinajstić information content (AvgIpc) is 3.61. The van der Waals surface area contributed by atoms with Gasteiger partial charge in [-0.2, -0.15) is 0 Å². The molecule has 5 atom stereocenters. The Morgan fingerprint density at radius 1 is 1.05 bits per heavy atom. The zero-order chi connectivity index (χ0) is 28.7. The lowest BCUT2D eigenvalue weighted by Crippen LogP contribution is -2.56. The van der Waals surface area contributed by atoms with E-state index in [1.54, 1.807) is 12.0 Å². The molecule has 0 unspecified atom stereocenters. The highest BCUT2D eigenvalue weighted by Crippen LogP contribution is 2.55. The van der Waals surface area contributed by atoms with Gasteiger partial charge in [0.15, 0.2) is 0 Å². The molecule has 3 aliphatic heterocycles. The van der Waals surface area contributed by atoms with Crippen LogP contribution in [0.15, 0.2) is 60.7 Å². The molecule has 2 bridgehead atoms. The van der Waals surface area contributed by atoms with Crippen LogP contribution in [0.2, 0.25) is 0 Å². The maximum atomic E-state index is 14.3. The number of rotatable bonds is 8. The summed E-state index contributed by atoms with van der Waals surface area (Å²) in [5.74, 6) is -1.27. The molecule has 1 saturated carbocycles. The van der Waals surface area contributed by atoms with Crippen LogP contribution in [0.1, 0.15) is 63.0 Å². The van der Waals surface area contributed by atoms with Crippen molar-refractivity contribution in [2.24, 2.45) is 11.8 Å². The van der Waals surface area contributed by atoms with Crippen LogP contribution < -0.4 is 15.4 Å². The number of ether oxygens (including phenoxy) is 2. The van der Waals surface area contributed by atoms with Gasteiger partial charge in [-0.15, -0.1) is 0 Å². The molecular weight excluding hydrogens is 518 g/mol. The normalized spacial score (nSPS) is 28.7. The predicted octanol–water partition coefficient (Wildman–Crippen LogP) is 4.56. The molecule has 216 valence electrons. The van der Waals surface area contributed by atoms with Gasteiger partial charge in [-0.25, -0.2) is 0 Å². The minimum atomic E-state index is -1.20. The number of likely N-dealkylation sites (tertiary alicyclic amines) is 1. The Balaban J connectivity index is 1.31. The maximum absolute atomic E-state index is 14.3. The highest BCUT2D eigenvalue weighted by molar-refractivity contribution is 6.02. The van der Waals surface area contributed by atoms with Crippen molar-refractivity contribution in [3.63, 3.8) is 0 Å². The number of para-hydroxylation sites is 1. The van der Waals surface area contributed by atoms with Crippen molar-refractivity contribution in [2.75, 3.05) is 12.4 Å². The number of methoxy groups -OCH3 is 1. The molecule has 2 aromatic carbocycles. The van der Waals surface area contributed by atoms with Crippen molar-refractivity contribution >= 4 is 23.4 Å². The Morgan fingerprint density at radius 2 is 1.78 bits per heavy atom. The van der Waals surface area contributed by atoms with E-state index in [-0.39, 0.29) is 30.3 Å². The fourth-order valence-electron chi connectivity index (χ4n) is 7.16. The molecule has 2 saturated heterocycles. The summed E-state index contributed by atoms with van der Waals surface area (Å²) in [7, 11) is 1.59. The van der Waals surface area contributed by atoms with Gasteiger partial charge in [0.05, 0.1) is 31.6 Å². The molecule has 0 radical (unpaired) electrons. The van der Waals surface area contributed by atoms with Crippen LogP contribution in [0, 0.1) is 11.8 Å². The Hall–Kier alpha value is -3.65. The molecule has 3 heterocycles. The number of carbonyl (C=O) groups is 3. The molecule has 6 rings (SSSR count). The molecule has 0 aromatic heterocycles. The summed E-state index contributed by atoms with van der Waals surface area (Å²) in [4.78, 5) is 43.7. The second-order valence-electron chi connectivity index (χ2n) is 12.1. The molecule has 3 fully saturated rings. The molecule has 2 N–H and O–H groups in total. The molecule has 1 aliphatic carbocycles. The fourth-order valence-corrected chi connectivity index (χ4v) is 7.16. The van der Waals surface area contributed by atoms with Gasteiger partial charge in [0, 0.05) is 17.3 Å². The lowest BCUT2D eigenvalue weighted by atomic mass is 9.74. The number of fused-ring (bicyclic) bond motifs is 1. The zero-order valence-corrected chi connectivity index (χ0v) is 24.0. The smallest absolute Gasteiger partial charge is 0.246 e. The van der Waals surface area contributed by atoms with Gasteiger partial charge in [-0.3, -0.25) is 14.4 Å². The first-order valence-electron chi connectivity index (χ1n) is 14.8. The van der Waals surface area contributed by atoms with Gasteiger partial charge in [0.1, 0.15) is 17.4 Å². The van der Waals surface area contributed by atoms with E-state index in [1.807, 2.05) is 60.7 Å². The van der Waals surface area contributed by atoms with Crippen molar-refractivity contribution in [1.82, 2.24) is 10.2 Å². The summed E-state index contributed by atoms with van der Waals surface area (Å²) in [6.07, 6.45) is 8.31. The minimum absolute atomic E-state index is 0.0744.